The molecule has 0 bridgehead atoms. The fourth-order valence-electron chi connectivity index (χ4n) is 4.74. The minimum absolute atomic E-state index is 0.00231. The number of carbonyl (C=O) groups excluding carboxylic acids is 1. The largest absolute Gasteiger partial charge is 0.507 e. The Labute approximate surface area is 220 Å². The molecule has 1 unspecified atom stereocenters. The SMILES string of the molecule is Cc1cc(O)c(-c2n[nH]c3c2C(c2ccc(C(C)(C)C)cc2)N(Cc2ccccc2Cl)C3=O)cc1Cl. The smallest absolute Gasteiger partial charge is 0.273 e. The van der Waals surface area contributed by atoms with E-state index in [1.807, 2.05) is 31.2 Å². The van der Waals surface area contributed by atoms with Crippen molar-refractivity contribution in [3.63, 3.8) is 0 Å². The first-order valence-corrected chi connectivity index (χ1v) is 12.5. The maximum Gasteiger partial charge on any atom is 0.273 e. The molecule has 2 heterocycles. The van der Waals surface area contributed by atoms with Crippen molar-refractivity contribution in [1.29, 1.82) is 0 Å². The van der Waals surface area contributed by atoms with Crippen LogP contribution in [0.1, 0.15) is 65.1 Å². The van der Waals surface area contributed by atoms with Gasteiger partial charge in [0.1, 0.15) is 17.1 Å². The highest BCUT2D eigenvalue weighted by atomic mass is 35.5. The van der Waals surface area contributed by atoms with Crippen LogP contribution in [0.25, 0.3) is 11.3 Å². The standard InChI is InChI=1S/C29H27Cl2N3O2/c1-16-13-23(35)20(14-22(16)31)25-24-26(33-32-25)28(36)34(15-18-7-5-6-8-21(18)30)27(24)17-9-11-19(12-10-17)29(2,3)4/h5-14,27,35H,15H2,1-4H3,(H,32,33). The average molecular weight is 520 g/mol. The lowest BCUT2D eigenvalue weighted by Crippen LogP contribution is -2.29. The van der Waals surface area contributed by atoms with Gasteiger partial charge < -0.3 is 10.0 Å². The van der Waals surface area contributed by atoms with Gasteiger partial charge in [-0.05, 0) is 52.8 Å². The minimum atomic E-state index is -0.425. The number of H-pyrrole nitrogens is 1. The van der Waals surface area contributed by atoms with E-state index in [4.69, 9.17) is 23.2 Å². The van der Waals surface area contributed by atoms with Gasteiger partial charge in [-0.3, -0.25) is 9.89 Å². The summed E-state index contributed by atoms with van der Waals surface area (Å²) in [4.78, 5) is 15.5. The number of fused-ring (bicyclic) bond motifs is 1. The van der Waals surface area contributed by atoms with Gasteiger partial charge in [-0.25, -0.2) is 0 Å². The number of nitrogens with one attached hydrogen (secondary N) is 1. The van der Waals surface area contributed by atoms with Crippen molar-refractivity contribution in [2.45, 2.75) is 45.7 Å². The zero-order valence-corrected chi connectivity index (χ0v) is 22.1. The lowest BCUT2D eigenvalue weighted by molar-refractivity contribution is 0.0730. The number of hydrogen-bond acceptors (Lipinski definition) is 3. The van der Waals surface area contributed by atoms with Gasteiger partial charge in [0.2, 0.25) is 0 Å². The molecule has 3 aromatic carbocycles. The molecule has 1 atom stereocenters. The number of hydrogen-bond donors (Lipinski definition) is 2. The summed E-state index contributed by atoms with van der Waals surface area (Å²) in [5, 5.41) is 19.3. The van der Waals surface area contributed by atoms with Crippen molar-refractivity contribution in [1.82, 2.24) is 15.1 Å². The monoisotopic (exact) mass is 519 g/mol. The van der Waals surface area contributed by atoms with Gasteiger partial charge >= 0.3 is 0 Å². The number of carbonyl (C=O) groups is 1. The number of halogens is 2. The van der Waals surface area contributed by atoms with Gasteiger partial charge in [0.25, 0.3) is 5.91 Å². The molecular weight excluding hydrogens is 493 g/mol. The molecule has 1 aliphatic heterocycles. The fourth-order valence-corrected chi connectivity index (χ4v) is 5.10. The van der Waals surface area contributed by atoms with Crippen LogP contribution >= 0.6 is 23.2 Å². The molecule has 0 spiro atoms. The summed E-state index contributed by atoms with van der Waals surface area (Å²) < 4.78 is 0. The van der Waals surface area contributed by atoms with E-state index in [1.54, 1.807) is 17.0 Å². The normalized spacial score (nSPS) is 15.4. The maximum absolute atomic E-state index is 13.7. The Bertz CT molecular complexity index is 1470. The van der Waals surface area contributed by atoms with Crippen molar-refractivity contribution in [2.24, 2.45) is 0 Å². The quantitative estimate of drug-likeness (QED) is 0.294. The molecule has 2 N–H and O–H groups in total. The van der Waals surface area contributed by atoms with Crippen LogP contribution in [0.15, 0.2) is 60.7 Å². The second kappa shape index (κ2) is 8.99. The predicted octanol–water partition coefficient (Wildman–Crippen LogP) is 7.44. The highest BCUT2D eigenvalue weighted by Crippen LogP contribution is 2.46. The van der Waals surface area contributed by atoms with Gasteiger partial charge in [-0.15, -0.1) is 0 Å². The predicted molar refractivity (Wildman–Crippen MR) is 144 cm³/mol. The third-order valence-electron chi connectivity index (χ3n) is 6.79. The molecule has 0 fully saturated rings. The number of phenols is 1. The Morgan fingerprint density at radius 3 is 2.39 bits per heavy atom. The van der Waals surface area contributed by atoms with E-state index < -0.39 is 6.04 Å². The van der Waals surface area contributed by atoms with E-state index >= 15 is 0 Å². The number of aromatic hydroxyl groups is 1. The van der Waals surface area contributed by atoms with Crippen LogP contribution in [0.5, 0.6) is 5.75 Å². The first-order valence-electron chi connectivity index (χ1n) is 11.8. The van der Waals surface area contributed by atoms with E-state index in [9.17, 15) is 9.90 Å². The summed E-state index contributed by atoms with van der Waals surface area (Å²) in [6.07, 6.45) is 0. The Balaban J connectivity index is 1.68. The molecule has 0 saturated carbocycles. The highest BCUT2D eigenvalue weighted by Gasteiger charge is 2.42. The van der Waals surface area contributed by atoms with E-state index in [-0.39, 0.29) is 17.1 Å². The summed E-state index contributed by atoms with van der Waals surface area (Å²) in [6.45, 7) is 8.66. The molecule has 5 nitrogen and oxygen atoms in total. The van der Waals surface area contributed by atoms with Crippen LogP contribution in [0.4, 0.5) is 0 Å². The minimum Gasteiger partial charge on any atom is -0.507 e. The molecule has 0 radical (unpaired) electrons. The fraction of sp³-hybridized carbons (Fsp3) is 0.241. The second-order valence-corrected chi connectivity index (χ2v) is 11.1. The Hall–Kier alpha value is -3.28. The molecule has 184 valence electrons. The van der Waals surface area contributed by atoms with Crippen molar-refractivity contribution < 1.29 is 9.90 Å². The van der Waals surface area contributed by atoms with Crippen LogP contribution in [0.2, 0.25) is 10.0 Å². The highest BCUT2D eigenvalue weighted by molar-refractivity contribution is 6.32. The summed E-state index contributed by atoms with van der Waals surface area (Å²) in [5.41, 5.74) is 5.85. The average Bonchev–Trinajstić information content (AvgIpc) is 3.36. The van der Waals surface area contributed by atoms with Crippen molar-refractivity contribution in [3.8, 4) is 17.0 Å². The third-order valence-corrected chi connectivity index (χ3v) is 7.56. The molecule has 36 heavy (non-hydrogen) atoms. The van der Waals surface area contributed by atoms with Gasteiger partial charge in [0, 0.05) is 27.7 Å². The Morgan fingerprint density at radius 2 is 1.72 bits per heavy atom. The summed E-state index contributed by atoms with van der Waals surface area (Å²) in [7, 11) is 0. The molecule has 4 aromatic rings. The maximum atomic E-state index is 13.7. The molecule has 1 amide bonds. The molecule has 1 aromatic heterocycles. The van der Waals surface area contributed by atoms with Gasteiger partial charge in [-0.1, -0.05) is 86.4 Å². The van der Waals surface area contributed by atoms with Crippen LogP contribution in [-0.4, -0.2) is 26.1 Å². The number of rotatable bonds is 4. The van der Waals surface area contributed by atoms with Gasteiger partial charge in [-0.2, -0.15) is 5.10 Å². The van der Waals surface area contributed by atoms with Crippen LogP contribution in [0, 0.1) is 6.92 Å². The van der Waals surface area contributed by atoms with Gasteiger partial charge in [0.05, 0.1) is 6.04 Å². The van der Waals surface area contributed by atoms with E-state index in [0.29, 0.717) is 39.1 Å². The zero-order chi connectivity index (χ0) is 25.8. The molecular formula is C29H27Cl2N3O2. The molecule has 0 saturated heterocycles. The van der Waals surface area contributed by atoms with Crippen molar-refractivity contribution in [3.05, 3.63) is 104 Å². The number of aromatic nitrogens is 2. The number of benzene rings is 3. The number of phenolic OH excluding ortho intramolecular Hbond substituents is 1. The number of amides is 1. The van der Waals surface area contributed by atoms with E-state index in [2.05, 4.69) is 55.2 Å². The number of aryl methyl sites for hydroxylation is 1. The second-order valence-electron chi connectivity index (χ2n) is 10.3. The van der Waals surface area contributed by atoms with E-state index in [0.717, 1.165) is 16.7 Å². The van der Waals surface area contributed by atoms with Crippen LogP contribution in [0.3, 0.4) is 0 Å². The molecule has 7 heteroatoms. The van der Waals surface area contributed by atoms with Crippen molar-refractivity contribution in [2.75, 3.05) is 0 Å². The third kappa shape index (κ3) is 4.16. The first kappa shape index (κ1) is 24.4. The lowest BCUT2D eigenvalue weighted by atomic mass is 9.85. The molecule has 1 aliphatic rings. The Morgan fingerprint density at radius 1 is 1.03 bits per heavy atom. The van der Waals surface area contributed by atoms with Crippen LogP contribution < -0.4 is 0 Å². The zero-order valence-electron chi connectivity index (χ0n) is 20.6. The summed E-state index contributed by atoms with van der Waals surface area (Å²) in [5.74, 6) is -0.115. The van der Waals surface area contributed by atoms with E-state index in [1.165, 1.54) is 5.56 Å². The Kier molecular flexibility index (Phi) is 6.09. The first-order chi connectivity index (χ1) is 17.1. The molecule has 0 aliphatic carbocycles. The van der Waals surface area contributed by atoms with Gasteiger partial charge in [0.15, 0.2) is 0 Å². The summed E-state index contributed by atoms with van der Waals surface area (Å²) in [6, 6.07) is 18.7. The lowest BCUT2D eigenvalue weighted by Gasteiger charge is -2.28. The number of aromatic amines is 1. The number of nitrogens with zero attached hydrogens (tertiary/aromatic N) is 2. The summed E-state index contributed by atoms with van der Waals surface area (Å²) >= 11 is 12.9. The van der Waals surface area contributed by atoms with Crippen LogP contribution in [-0.2, 0) is 12.0 Å². The topological polar surface area (TPSA) is 69.2 Å². The van der Waals surface area contributed by atoms with Crippen molar-refractivity contribution >= 4 is 29.1 Å². The molecule has 5 rings (SSSR count).